The first-order valence-electron chi connectivity index (χ1n) is 6.89. The smallest absolute Gasteiger partial charge is 0.303 e. The van der Waals surface area contributed by atoms with Crippen LogP contribution in [-0.2, 0) is 4.79 Å². The molecule has 0 spiro atoms. The minimum atomic E-state index is -0.740. The number of carboxylic acids is 1. The van der Waals surface area contributed by atoms with Crippen LogP contribution in [0.3, 0.4) is 0 Å². The molecule has 1 rings (SSSR count). The molecule has 0 aliphatic carbocycles. The minimum Gasteiger partial charge on any atom is -0.481 e. The predicted molar refractivity (Wildman–Crippen MR) is 77.4 cm³/mol. The maximum atomic E-state index is 10.6. The van der Waals surface area contributed by atoms with Gasteiger partial charge in [-0.2, -0.15) is 5.26 Å². The Morgan fingerprint density at radius 3 is 2.85 bits per heavy atom. The van der Waals surface area contributed by atoms with Crippen LogP contribution in [0.25, 0.3) is 0 Å². The van der Waals surface area contributed by atoms with E-state index in [2.05, 4.69) is 23.3 Å². The molecular formula is C15H21N3O2. The monoisotopic (exact) mass is 275 g/mol. The zero-order chi connectivity index (χ0) is 15.0. The summed E-state index contributed by atoms with van der Waals surface area (Å²) >= 11 is 0. The van der Waals surface area contributed by atoms with Crippen molar-refractivity contribution in [3.63, 3.8) is 0 Å². The zero-order valence-corrected chi connectivity index (χ0v) is 12.0. The summed E-state index contributed by atoms with van der Waals surface area (Å²) in [6.45, 7) is 4.67. The van der Waals surface area contributed by atoms with E-state index in [9.17, 15) is 4.79 Å². The second kappa shape index (κ2) is 8.16. The molecule has 0 bridgehead atoms. The molecular weight excluding hydrogens is 254 g/mol. The number of aryl methyl sites for hydroxylation is 1. The van der Waals surface area contributed by atoms with Crippen molar-refractivity contribution in [3.05, 3.63) is 23.4 Å². The van der Waals surface area contributed by atoms with Gasteiger partial charge in [-0.3, -0.25) is 4.79 Å². The Morgan fingerprint density at radius 2 is 2.25 bits per heavy atom. The predicted octanol–water partition coefficient (Wildman–Crippen LogP) is 2.95. The fourth-order valence-electron chi connectivity index (χ4n) is 2.11. The van der Waals surface area contributed by atoms with Crippen LogP contribution in [0.2, 0.25) is 0 Å². The Kier molecular flexibility index (Phi) is 6.51. The summed E-state index contributed by atoms with van der Waals surface area (Å²) in [7, 11) is 0. The van der Waals surface area contributed by atoms with E-state index in [0.29, 0.717) is 23.7 Å². The van der Waals surface area contributed by atoms with Crippen molar-refractivity contribution in [2.45, 2.75) is 39.5 Å². The second-order valence-electron chi connectivity index (χ2n) is 4.92. The molecule has 2 N–H and O–H groups in total. The number of nitrogens with zero attached hydrogens (tertiary/aromatic N) is 2. The largest absolute Gasteiger partial charge is 0.481 e. The van der Waals surface area contributed by atoms with Gasteiger partial charge in [0.05, 0.1) is 11.6 Å². The van der Waals surface area contributed by atoms with Gasteiger partial charge in [0.1, 0.15) is 5.82 Å². The number of anilines is 1. The summed E-state index contributed by atoms with van der Waals surface area (Å²) < 4.78 is 0. The molecule has 5 heteroatoms. The number of aromatic nitrogens is 1. The van der Waals surface area contributed by atoms with Gasteiger partial charge in [-0.15, -0.1) is 0 Å². The maximum absolute atomic E-state index is 10.6. The first-order valence-corrected chi connectivity index (χ1v) is 6.89. The lowest BCUT2D eigenvalue weighted by atomic mass is 9.97. The Bertz CT molecular complexity index is 494. The molecule has 0 amide bonds. The van der Waals surface area contributed by atoms with Crippen molar-refractivity contribution in [3.8, 4) is 6.07 Å². The van der Waals surface area contributed by atoms with Gasteiger partial charge in [-0.05, 0) is 37.8 Å². The van der Waals surface area contributed by atoms with Gasteiger partial charge in [0, 0.05) is 18.7 Å². The van der Waals surface area contributed by atoms with Gasteiger partial charge in [0.25, 0.3) is 0 Å². The van der Waals surface area contributed by atoms with Crippen molar-refractivity contribution in [1.82, 2.24) is 4.98 Å². The lowest BCUT2D eigenvalue weighted by molar-refractivity contribution is -0.137. The van der Waals surface area contributed by atoms with Crippen molar-refractivity contribution in [2.24, 2.45) is 5.92 Å². The number of hydrogen-bond donors (Lipinski definition) is 2. The number of pyridine rings is 1. The van der Waals surface area contributed by atoms with E-state index in [-0.39, 0.29) is 6.42 Å². The van der Waals surface area contributed by atoms with Crippen molar-refractivity contribution >= 4 is 11.8 Å². The normalized spacial score (nSPS) is 11.7. The van der Waals surface area contributed by atoms with E-state index < -0.39 is 5.97 Å². The molecule has 0 fully saturated rings. The van der Waals surface area contributed by atoms with Gasteiger partial charge in [-0.25, -0.2) is 4.98 Å². The number of carboxylic acid groups (broad SMARTS) is 1. The van der Waals surface area contributed by atoms with E-state index in [1.807, 2.05) is 6.92 Å². The summed E-state index contributed by atoms with van der Waals surface area (Å²) in [5, 5.41) is 20.8. The quantitative estimate of drug-likeness (QED) is 0.761. The van der Waals surface area contributed by atoms with E-state index in [0.717, 1.165) is 25.1 Å². The van der Waals surface area contributed by atoms with Crippen LogP contribution in [0.5, 0.6) is 0 Å². The number of hydrogen-bond acceptors (Lipinski definition) is 4. The molecule has 5 nitrogen and oxygen atoms in total. The van der Waals surface area contributed by atoms with Crippen LogP contribution in [-0.4, -0.2) is 22.6 Å². The van der Waals surface area contributed by atoms with Gasteiger partial charge >= 0.3 is 5.97 Å². The van der Waals surface area contributed by atoms with E-state index in [1.165, 1.54) is 0 Å². The van der Waals surface area contributed by atoms with E-state index in [1.54, 1.807) is 12.1 Å². The number of aliphatic carboxylic acids is 1. The molecule has 0 aliphatic heterocycles. The Labute approximate surface area is 119 Å². The summed E-state index contributed by atoms with van der Waals surface area (Å²) in [4.78, 5) is 14.9. The zero-order valence-electron chi connectivity index (χ0n) is 12.0. The van der Waals surface area contributed by atoms with Crippen LogP contribution < -0.4 is 5.32 Å². The van der Waals surface area contributed by atoms with E-state index in [4.69, 9.17) is 10.4 Å². The summed E-state index contributed by atoms with van der Waals surface area (Å²) in [6.07, 6.45) is 2.80. The fraction of sp³-hybridized carbons (Fsp3) is 0.533. The second-order valence-corrected chi connectivity index (χ2v) is 4.92. The summed E-state index contributed by atoms with van der Waals surface area (Å²) in [5.41, 5.74) is 1.40. The SMILES string of the molecule is CCC(CCNc1cc(C#N)cc(C)n1)CCC(=O)O. The third-order valence-electron chi connectivity index (χ3n) is 3.29. The fourth-order valence-corrected chi connectivity index (χ4v) is 2.11. The summed E-state index contributed by atoms with van der Waals surface area (Å²) in [5.74, 6) is 0.365. The van der Waals surface area contributed by atoms with Crippen LogP contribution in [0.15, 0.2) is 12.1 Å². The molecule has 0 aromatic carbocycles. The lowest BCUT2D eigenvalue weighted by Gasteiger charge is -2.14. The van der Waals surface area contributed by atoms with Crippen LogP contribution in [0.4, 0.5) is 5.82 Å². The van der Waals surface area contributed by atoms with Crippen LogP contribution in [0, 0.1) is 24.2 Å². The van der Waals surface area contributed by atoms with E-state index >= 15 is 0 Å². The average molecular weight is 275 g/mol. The molecule has 1 aromatic rings. The minimum absolute atomic E-state index is 0.222. The maximum Gasteiger partial charge on any atom is 0.303 e. The third-order valence-corrected chi connectivity index (χ3v) is 3.29. The molecule has 1 aromatic heterocycles. The molecule has 1 unspecified atom stereocenters. The number of rotatable bonds is 8. The summed E-state index contributed by atoms with van der Waals surface area (Å²) in [6, 6.07) is 5.58. The van der Waals surface area contributed by atoms with Crippen LogP contribution in [0.1, 0.15) is 43.9 Å². The molecule has 0 radical (unpaired) electrons. The Morgan fingerprint density at radius 1 is 1.50 bits per heavy atom. The van der Waals surface area contributed by atoms with Gasteiger partial charge in [-0.1, -0.05) is 13.3 Å². The molecule has 0 saturated carbocycles. The highest BCUT2D eigenvalue weighted by molar-refractivity contribution is 5.66. The highest BCUT2D eigenvalue weighted by atomic mass is 16.4. The van der Waals surface area contributed by atoms with Gasteiger partial charge in [0.2, 0.25) is 0 Å². The molecule has 1 heterocycles. The molecule has 20 heavy (non-hydrogen) atoms. The first kappa shape index (κ1) is 16.0. The highest BCUT2D eigenvalue weighted by Gasteiger charge is 2.09. The number of carbonyl (C=O) groups is 1. The van der Waals surface area contributed by atoms with Crippen molar-refractivity contribution in [1.29, 1.82) is 5.26 Å². The molecule has 0 saturated heterocycles. The van der Waals surface area contributed by atoms with Crippen molar-refractivity contribution in [2.75, 3.05) is 11.9 Å². The molecule has 108 valence electrons. The van der Waals surface area contributed by atoms with Crippen molar-refractivity contribution < 1.29 is 9.90 Å². The number of nitrogens with one attached hydrogen (secondary N) is 1. The Hall–Kier alpha value is -2.09. The molecule has 0 aliphatic rings. The lowest BCUT2D eigenvalue weighted by Crippen LogP contribution is -2.11. The van der Waals surface area contributed by atoms with Gasteiger partial charge < -0.3 is 10.4 Å². The molecule has 1 atom stereocenters. The highest BCUT2D eigenvalue weighted by Crippen LogP contribution is 2.16. The first-order chi connectivity index (χ1) is 9.55. The van der Waals surface area contributed by atoms with Gasteiger partial charge in [0.15, 0.2) is 0 Å². The standard InChI is InChI=1S/C15H21N3O2/c1-3-12(4-5-15(19)20)6-7-17-14-9-13(10-16)8-11(2)18-14/h8-9,12H,3-7H2,1-2H3,(H,17,18)(H,19,20). The number of nitriles is 1. The topological polar surface area (TPSA) is 86.0 Å². The third kappa shape index (κ3) is 5.70. The average Bonchev–Trinajstić information content (AvgIpc) is 2.41. The Balaban J connectivity index is 2.45. The van der Waals surface area contributed by atoms with Crippen LogP contribution >= 0.6 is 0 Å².